The van der Waals surface area contributed by atoms with E-state index in [2.05, 4.69) is 10.3 Å². The van der Waals surface area contributed by atoms with Crippen LogP contribution < -0.4 is 5.73 Å². The summed E-state index contributed by atoms with van der Waals surface area (Å²) in [7, 11) is 1.72. The van der Waals surface area contributed by atoms with Crippen LogP contribution in [0.2, 0.25) is 0 Å². The lowest BCUT2D eigenvalue weighted by atomic mass is 10.0. The molecular weight excluding hydrogens is 226 g/mol. The second-order valence-electron chi connectivity index (χ2n) is 3.87. The van der Waals surface area contributed by atoms with Gasteiger partial charge in [-0.3, -0.25) is 4.68 Å². The topological polar surface area (TPSA) is 56.7 Å². The molecule has 0 aliphatic heterocycles. The molecule has 0 saturated carbocycles. The molecule has 17 heavy (non-hydrogen) atoms. The summed E-state index contributed by atoms with van der Waals surface area (Å²) in [6, 6.07) is 2.98. The van der Waals surface area contributed by atoms with Gasteiger partial charge in [0, 0.05) is 13.1 Å². The number of halogens is 2. The van der Waals surface area contributed by atoms with E-state index < -0.39 is 17.7 Å². The van der Waals surface area contributed by atoms with Crippen molar-refractivity contribution in [3.63, 3.8) is 0 Å². The number of aryl methyl sites for hydroxylation is 1. The van der Waals surface area contributed by atoms with Gasteiger partial charge < -0.3 is 5.73 Å². The Hall–Kier alpha value is -1.82. The van der Waals surface area contributed by atoms with Crippen LogP contribution in [0, 0.1) is 11.6 Å². The van der Waals surface area contributed by atoms with Gasteiger partial charge in [0.25, 0.3) is 0 Å². The fraction of sp³-hybridized carbons (Fsp3) is 0.273. The molecule has 1 aromatic heterocycles. The van der Waals surface area contributed by atoms with Gasteiger partial charge in [0.2, 0.25) is 0 Å². The molecule has 6 heteroatoms. The van der Waals surface area contributed by atoms with Gasteiger partial charge >= 0.3 is 0 Å². The number of rotatable bonds is 3. The van der Waals surface area contributed by atoms with Crippen molar-refractivity contribution >= 4 is 0 Å². The van der Waals surface area contributed by atoms with Crippen molar-refractivity contribution in [1.29, 1.82) is 0 Å². The van der Waals surface area contributed by atoms with Gasteiger partial charge in [0.05, 0.1) is 17.9 Å². The van der Waals surface area contributed by atoms with E-state index in [-0.39, 0.29) is 0 Å². The van der Waals surface area contributed by atoms with Crippen LogP contribution >= 0.6 is 0 Å². The number of aromatic nitrogens is 3. The van der Waals surface area contributed by atoms with Crippen LogP contribution in [0.25, 0.3) is 0 Å². The van der Waals surface area contributed by atoms with E-state index in [4.69, 9.17) is 5.73 Å². The maximum Gasteiger partial charge on any atom is 0.126 e. The zero-order chi connectivity index (χ0) is 12.4. The van der Waals surface area contributed by atoms with Crippen molar-refractivity contribution in [2.45, 2.75) is 12.5 Å². The highest BCUT2D eigenvalue weighted by Gasteiger charge is 2.12. The van der Waals surface area contributed by atoms with Gasteiger partial charge in [-0.25, -0.2) is 8.78 Å². The van der Waals surface area contributed by atoms with Gasteiger partial charge in [-0.05, 0) is 24.1 Å². The van der Waals surface area contributed by atoms with E-state index in [1.165, 1.54) is 12.1 Å². The van der Waals surface area contributed by atoms with Gasteiger partial charge in [0.1, 0.15) is 11.6 Å². The summed E-state index contributed by atoms with van der Waals surface area (Å²) < 4.78 is 27.5. The Kier molecular flexibility index (Phi) is 3.14. The SMILES string of the molecule is Cn1nncc1C(N)Cc1cc(F)cc(F)c1. The molecule has 0 aliphatic rings. The van der Waals surface area contributed by atoms with Gasteiger partial charge in [-0.15, -0.1) is 5.10 Å². The molecule has 0 amide bonds. The standard InChI is InChI=1S/C11H12F2N4/c1-17-11(6-15-16-17)10(14)4-7-2-8(12)5-9(13)3-7/h2-3,5-6,10H,4,14H2,1H3. The first-order valence-electron chi connectivity index (χ1n) is 5.11. The Labute approximate surface area is 97.0 Å². The number of nitrogens with two attached hydrogens (primary N) is 1. The molecule has 0 spiro atoms. The van der Waals surface area contributed by atoms with Crippen LogP contribution in [0.5, 0.6) is 0 Å². The van der Waals surface area contributed by atoms with Crippen LogP contribution in [0.3, 0.4) is 0 Å². The van der Waals surface area contributed by atoms with Crippen LogP contribution in [0.4, 0.5) is 8.78 Å². The monoisotopic (exact) mass is 238 g/mol. The molecule has 0 fully saturated rings. The third kappa shape index (κ3) is 2.65. The van der Waals surface area contributed by atoms with Crippen molar-refractivity contribution in [2.24, 2.45) is 12.8 Å². The van der Waals surface area contributed by atoms with Gasteiger partial charge in [-0.2, -0.15) is 0 Å². The third-order valence-electron chi connectivity index (χ3n) is 2.51. The van der Waals surface area contributed by atoms with E-state index in [0.29, 0.717) is 12.0 Å². The molecule has 2 rings (SSSR count). The van der Waals surface area contributed by atoms with Crippen LogP contribution in [0.15, 0.2) is 24.4 Å². The number of hydrogen-bond donors (Lipinski definition) is 1. The first kappa shape index (κ1) is 11.7. The largest absolute Gasteiger partial charge is 0.322 e. The van der Waals surface area contributed by atoms with Crippen molar-refractivity contribution in [3.05, 3.63) is 47.3 Å². The molecule has 4 nitrogen and oxygen atoms in total. The lowest BCUT2D eigenvalue weighted by Crippen LogP contribution is -2.17. The van der Waals surface area contributed by atoms with Crippen molar-refractivity contribution in [3.8, 4) is 0 Å². The Balaban J connectivity index is 2.18. The van der Waals surface area contributed by atoms with Crippen LogP contribution in [0.1, 0.15) is 17.3 Å². The summed E-state index contributed by atoms with van der Waals surface area (Å²) in [5, 5.41) is 7.46. The summed E-state index contributed by atoms with van der Waals surface area (Å²) in [5.74, 6) is -1.20. The van der Waals surface area contributed by atoms with E-state index in [1.807, 2.05) is 0 Å². The fourth-order valence-corrected chi connectivity index (χ4v) is 1.72. The zero-order valence-electron chi connectivity index (χ0n) is 9.27. The second kappa shape index (κ2) is 4.58. The summed E-state index contributed by atoms with van der Waals surface area (Å²) in [4.78, 5) is 0. The van der Waals surface area contributed by atoms with Crippen molar-refractivity contribution in [2.75, 3.05) is 0 Å². The molecule has 0 aliphatic carbocycles. The highest BCUT2D eigenvalue weighted by Crippen LogP contribution is 2.16. The van der Waals surface area contributed by atoms with E-state index in [9.17, 15) is 8.78 Å². The van der Waals surface area contributed by atoms with E-state index in [0.717, 1.165) is 11.8 Å². The molecular formula is C11H12F2N4. The third-order valence-corrected chi connectivity index (χ3v) is 2.51. The first-order chi connectivity index (χ1) is 8.06. The quantitative estimate of drug-likeness (QED) is 0.877. The Morgan fingerprint density at radius 3 is 2.47 bits per heavy atom. The first-order valence-corrected chi connectivity index (χ1v) is 5.11. The lowest BCUT2D eigenvalue weighted by Gasteiger charge is -2.11. The normalized spacial score (nSPS) is 12.7. The van der Waals surface area contributed by atoms with Gasteiger partial charge in [0.15, 0.2) is 0 Å². The number of nitrogens with zero attached hydrogens (tertiary/aromatic N) is 3. The molecule has 90 valence electrons. The highest BCUT2D eigenvalue weighted by atomic mass is 19.1. The summed E-state index contributed by atoms with van der Waals surface area (Å²) in [6.45, 7) is 0. The zero-order valence-corrected chi connectivity index (χ0v) is 9.27. The molecule has 1 unspecified atom stereocenters. The van der Waals surface area contributed by atoms with Crippen molar-refractivity contribution < 1.29 is 8.78 Å². The molecule has 0 radical (unpaired) electrons. The average Bonchev–Trinajstić information content (AvgIpc) is 2.62. The molecule has 1 atom stereocenters. The predicted molar refractivity (Wildman–Crippen MR) is 58.0 cm³/mol. The second-order valence-corrected chi connectivity index (χ2v) is 3.87. The molecule has 1 aromatic carbocycles. The smallest absolute Gasteiger partial charge is 0.126 e. The number of hydrogen-bond acceptors (Lipinski definition) is 3. The van der Waals surface area contributed by atoms with Crippen LogP contribution in [-0.4, -0.2) is 15.0 Å². The minimum Gasteiger partial charge on any atom is -0.322 e. The van der Waals surface area contributed by atoms with Crippen LogP contribution in [-0.2, 0) is 13.5 Å². The van der Waals surface area contributed by atoms with E-state index in [1.54, 1.807) is 17.9 Å². The Bertz CT molecular complexity index is 504. The molecule has 0 saturated heterocycles. The maximum absolute atomic E-state index is 13.0. The molecule has 0 bridgehead atoms. The Morgan fingerprint density at radius 1 is 1.29 bits per heavy atom. The predicted octanol–water partition coefficient (Wildman–Crippen LogP) is 1.34. The lowest BCUT2D eigenvalue weighted by molar-refractivity contribution is 0.570. The maximum atomic E-state index is 13.0. The van der Waals surface area contributed by atoms with Gasteiger partial charge in [-0.1, -0.05) is 5.21 Å². The Morgan fingerprint density at radius 2 is 1.94 bits per heavy atom. The van der Waals surface area contributed by atoms with Crippen molar-refractivity contribution in [1.82, 2.24) is 15.0 Å². The summed E-state index contributed by atoms with van der Waals surface area (Å²) in [5.41, 5.74) is 7.15. The highest BCUT2D eigenvalue weighted by molar-refractivity contribution is 5.20. The summed E-state index contributed by atoms with van der Waals surface area (Å²) >= 11 is 0. The minimum absolute atomic E-state index is 0.329. The molecule has 2 N–H and O–H groups in total. The number of benzene rings is 1. The molecule has 1 heterocycles. The van der Waals surface area contributed by atoms with E-state index >= 15 is 0 Å². The fourth-order valence-electron chi connectivity index (χ4n) is 1.72. The minimum atomic E-state index is -0.602. The average molecular weight is 238 g/mol. The summed E-state index contributed by atoms with van der Waals surface area (Å²) in [6.07, 6.45) is 1.87. The molecule has 2 aromatic rings.